The summed E-state index contributed by atoms with van der Waals surface area (Å²) in [6.45, 7) is 0. The summed E-state index contributed by atoms with van der Waals surface area (Å²) in [5.41, 5.74) is 12.5. The third-order valence-corrected chi connectivity index (χ3v) is 9.96. The molecule has 0 fully saturated rings. The lowest BCUT2D eigenvalue weighted by molar-refractivity contribution is 0.436. The Bertz CT molecular complexity index is 2690. The van der Waals surface area contributed by atoms with Crippen molar-refractivity contribution in [3.8, 4) is 45.1 Å². The Labute approximate surface area is 270 Å². The minimum absolute atomic E-state index is 0.502. The summed E-state index contributed by atoms with van der Waals surface area (Å²) in [5, 5.41) is 4.97. The number of para-hydroxylation sites is 5. The molecule has 2 aliphatic rings. The number of hydrogen-bond acceptors (Lipinski definition) is 2. The molecule has 0 saturated carbocycles. The van der Waals surface area contributed by atoms with Crippen LogP contribution in [0.5, 0.6) is 11.5 Å². The molecular weight excluding hydrogens is 575 g/mol. The molecule has 7 aromatic carbocycles. The van der Waals surface area contributed by atoms with Gasteiger partial charge in [0.05, 0.1) is 22.1 Å². The summed E-state index contributed by atoms with van der Waals surface area (Å²) in [4.78, 5) is 0. The standard InChI is InChI=1S/C42H25BN2O2/c1-2-12-26(13-3-1)44-36-18-8-4-14-28(36)32-24-33-29-15-5-9-19-37(29)45(39(33)25-38(32)44)27-22-34-30-16-6-10-20-40(30)46-43-42(34)35(23-27)31-17-7-11-21-41(31)47-43/h1-25H. The van der Waals surface area contributed by atoms with E-state index >= 15 is 0 Å². The van der Waals surface area contributed by atoms with E-state index < -0.39 is 7.12 Å². The van der Waals surface area contributed by atoms with Gasteiger partial charge in [-0.2, -0.15) is 0 Å². The van der Waals surface area contributed by atoms with Crippen LogP contribution < -0.4 is 14.8 Å². The molecule has 0 N–H and O–H groups in total. The summed E-state index contributed by atoms with van der Waals surface area (Å²) >= 11 is 0. The van der Waals surface area contributed by atoms with Gasteiger partial charge in [-0.1, -0.05) is 91.0 Å². The van der Waals surface area contributed by atoms with Gasteiger partial charge in [0.15, 0.2) is 0 Å². The number of hydrogen-bond donors (Lipinski definition) is 0. The largest absolute Gasteiger partial charge is 0.633 e. The molecule has 9 aromatic rings. The van der Waals surface area contributed by atoms with Crippen LogP contribution in [0.15, 0.2) is 152 Å². The van der Waals surface area contributed by atoms with Crippen LogP contribution in [0, 0.1) is 0 Å². The van der Waals surface area contributed by atoms with Crippen LogP contribution in [-0.2, 0) is 0 Å². The number of nitrogens with zero attached hydrogens (tertiary/aromatic N) is 2. The van der Waals surface area contributed by atoms with Gasteiger partial charge in [0, 0.05) is 49.5 Å². The second-order valence-corrected chi connectivity index (χ2v) is 12.4. The van der Waals surface area contributed by atoms with Crippen molar-refractivity contribution in [2.45, 2.75) is 0 Å². The van der Waals surface area contributed by atoms with Gasteiger partial charge < -0.3 is 18.4 Å². The van der Waals surface area contributed by atoms with E-state index in [4.69, 9.17) is 9.31 Å². The summed E-state index contributed by atoms with van der Waals surface area (Å²) in [6, 6.07) is 54.2. The Morgan fingerprint density at radius 2 is 0.851 bits per heavy atom. The quantitative estimate of drug-likeness (QED) is 0.185. The molecule has 4 nitrogen and oxygen atoms in total. The van der Waals surface area contributed by atoms with Crippen LogP contribution in [0.2, 0.25) is 0 Å². The average molecular weight is 600 g/mol. The zero-order chi connectivity index (χ0) is 30.6. The maximum absolute atomic E-state index is 6.47. The van der Waals surface area contributed by atoms with E-state index in [9.17, 15) is 0 Å². The molecular formula is C42H25BN2O2. The van der Waals surface area contributed by atoms with Crippen LogP contribution in [0.1, 0.15) is 0 Å². The topological polar surface area (TPSA) is 28.3 Å². The molecule has 0 radical (unpaired) electrons. The molecule has 2 aliphatic heterocycles. The van der Waals surface area contributed by atoms with Crippen LogP contribution >= 0.6 is 0 Å². The van der Waals surface area contributed by atoms with Crippen LogP contribution in [-0.4, -0.2) is 16.3 Å². The molecule has 0 saturated heterocycles. The van der Waals surface area contributed by atoms with E-state index in [0.29, 0.717) is 0 Å². The fourth-order valence-electron chi connectivity index (χ4n) is 7.99. The Kier molecular flexibility index (Phi) is 4.89. The monoisotopic (exact) mass is 600 g/mol. The highest BCUT2D eigenvalue weighted by molar-refractivity contribution is 6.68. The minimum atomic E-state index is -0.502. The highest BCUT2D eigenvalue weighted by atomic mass is 16.6. The SMILES string of the molecule is c1ccc(-n2c3ccccc3c3cc4c5ccccc5n(-c5cc6c7c(c5)-c5ccccc5OB7Oc5ccccc5-6)c4cc32)cc1. The number of aromatic nitrogens is 2. The molecule has 0 bridgehead atoms. The molecule has 0 unspecified atom stereocenters. The first-order chi connectivity index (χ1) is 23.3. The number of rotatable bonds is 2. The van der Waals surface area contributed by atoms with Crippen molar-refractivity contribution in [3.05, 3.63) is 152 Å². The molecule has 11 rings (SSSR count). The summed E-state index contributed by atoms with van der Waals surface area (Å²) < 4.78 is 17.8. The normalized spacial score (nSPS) is 13.0. The molecule has 0 atom stereocenters. The number of fused-ring (bicyclic) bond motifs is 10. The van der Waals surface area contributed by atoms with E-state index in [2.05, 4.69) is 137 Å². The highest BCUT2D eigenvalue weighted by Crippen LogP contribution is 2.45. The molecule has 4 heterocycles. The van der Waals surface area contributed by atoms with E-state index in [-0.39, 0.29) is 0 Å². The summed E-state index contributed by atoms with van der Waals surface area (Å²) in [7, 11) is -0.502. The zero-order valence-corrected chi connectivity index (χ0v) is 25.2. The Morgan fingerprint density at radius 1 is 0.362 bits per heavy atom. The van der Waals surface area contributed by atoms with Gasteiger partial charge in [-0.25, -0.2) is 0 Å². The highest BCUT2D eigenvalue weighted by Gasteiger charge is 2.41. The lowest BCUT2D eigenvalue weighted by Crippen LogP contribution is -2.49. The summed E-state index contributed by atoms with van der Waals surface area (Å²) in [5.74, 6) is 1.67. The molecule has 47 heavy (non-hydrogen) atoms. The van der Waals surface area contributed by atoms with Gasteiger partial charge in [0.25, 0.3) is 0 Å². The Balaban J connectivity index is 1.28. The fourth-order valence-corrected chi connectivity index (χ4v) is 7.99. The van der Waals surface area contributed by atoms with Crippen molar-refractivity contribution < 1.29 is 9.31 Å². The van der Waals surface area contributed by atoms with Gasteiger partial charge in [-0.3, -0.25) is 0 Å². The second kappa shape index (κ2) is 9.18. The fraction of sp³-hybridized carbons (Fsp3) is 0. The van der Waals surface area contributed by atoms with Crippen LogP contribution in [0.25, 0.3) is 77.2 Å². The van der Waals surface area contributed by atoms with Crippen LogP contribution in [0.3, 0.4) is 0 Å². The van der Waals surface area contributed by atoms with Crippen molar-refractivity contribution >= 4 is 56.2 Å². The predicted octanol–water partition coefficient (Wildman–Crippen LogP) is 9.69. The maximum Gasteiger partial charge on any atom is 0.633 e. The van der Waals surface area contributed by atoms with E-state index in [1.54, 1.807) is 0 Å². The van der Waals surface area contributed by atoms with Crippen molar-refractivity contribution in [3.63, 3.8) is 0 Å². The van der Waals surface area contributed by atoms with E-state index in [1.807, 2.05) is 24.3 Å². The van der Waals surface area contributed by atoms with Crippen molar-refractivity contribution in [1.82, 2.24) is 9.13 Å². The third kappa shape index (κ3) is 3.38. The average Bonchev–Trinajstić information content (AvgIpc) is 3.63. The molecule has 0 aliphatic carbocycles. The first kappa shape index (κ1) is 25.0. The molecule has 218 valence electrons. The van der Waals surface area contributed by atoms with Gasteiger partial charge >= 0.3 is 7.12 Å². The van der Waals surface area contributed by atoms with E-state index in [0.717, 1.165) is 50.6 Å². The molecule has 2 aromatic heterocycles. The lowest BCUT2D eigenvalue weighted by atomic mass is 9.66. The Hall–Kier alpha value is -6.20. The summed E-state index contributed by atoms with van der Waals surface area (Å²) in [6.07, 6.45) is 0. The van der Waals surface area contributed by atoms with Crippen molar-refractivity contribution in [2.75, 3.05) is 0 Å². The second-order valence-electron chi connectivity index (χ2n) is 12.4. The molecule has 0 amide bonds. The lowest BCUT2D eigenvalue weighted by Gasteiger charge is -2.32. The molecule has 0 spiro atoms. The van der Waals surface area contributed by atoms with Crippen molar-refractivity contribution in [1.29, 1.82) is 0 Å². The van der Waals surface area contributed by atoms with E-state index in [1.165, 1.54) is 43.6 Å². The first-order valence-corrected chi connectivity index (χ1v) is 16.0. The van der Waals surface area contributed by atoms with Gasteiger partial charge in [0.1, 0.15) is 11.5 Å². The van der Waals surface area contributed by atoms with Gasteiger partial charge in [-0.05, 0) is 71.8 Å². The Morgan fingerprint density at radius 3 is 1.45 bits per heavy atom. The smallest absolute Gasteiger partial charge is 0.521 e. The first-order valence-electron chi connectivity index (χ1n) is 16.0. The maximum atomic E-state index is 6.47. The van der Waals surface area contributed by atoms with Crippen LogP contribution in [0.4, 0.5) is 0 Å². The minimum Gasteiger partial charge on any atom is -0.521 e. The van der Waals surface area contributed by atoms with Crippen molar-refractivity contribution in [2.24, 2.45) is 0 Å². The third-order valence-electron chi connectivity index (χ3n) is 9.96. The predicted molar refractivity (Wildman–Crippen MR) is 193 cm³/mol. The van der Waals surface area contributed by atoms with Gasteiger partial charge in [0.2, 0.25) is 0 Å². The number of benzene rings is 7. The molecule has 5 heteroatoms. The zero-order valence-electron chi connectivity index (χ0n) is 25.2. The van der Waals surface area contributed by atoms with Gasteiger partial charge in [-0.15, -0.1) is 0 Å².